The average Bonchev–Trinajstić information content (AvgIpc) is 2.68. The van der Waals surface area contributed by atoms with Crippen LogP contribution in [-0.2, 0) is 11.3 Å². The largest absolute Gasteiger partial charge is 0.494 e. The monoisotopic (exact) mass is 384 g/mol. The molecule has 1 aliphatic heterocycles. The minimum absolute atomic E-state index is 0.0670. The maximum absolute atomic E-state index is 12.1. The van der Waals surface area contributed by atoms with E-state index in [2.05, 4.69) is 5.32 Å². The maximum Gasteiger partial charge on any atom is 0.335 e. The molecule has 2 N–H and O–H groups in total. The summed E-state index contributed by atoms with van der Waals surface area (Å²) in [4.78, 5) is 24.6. The number of amides is 2. The molecule has 0 aromatic heterocycles. The Bertz CT molecular complexity index is 773. The van der Waals surface area contributed by atoms with E-state index >= 15 is 0 Å². The summed E-state index contributed by atoms with van der Waals surface area (Å²) in [6.07, 6.45) is 0.863. The second-order valence-electron chi connectivity index (χ2n) is 6.57. The Morgan fingerprint density at radius 2 is 1.75 bits per heavy atom. The van der Waals surface area contributed by atoms with Crippen LogP contribution in [-0.4, -0.2) is 54.4 Å². The van der Waals surface area contributed by atoms with Gasteiger partial charge in [-0.3, -0.25) is 0 Å². The number of carbonyl (C=O) groups excluding carboxylic acids is 1. The fourth-order valence-electron chi connectivity index (χ4n) is 2.78. The molecule has 1 saturated heterocycles. The summed E-state index contributed by atoms with van der Waals surface area (Å²) < 4.78 is 11.3. The van der Waals surface area contributed by atoms with Gasteiger partial charge in [0.05, 0.1) is 38.0 Å². The smallest absolute Gasteiger partial charge is 0.335 e. The van der Waals surface area contributed by atoms with E-state index in [1.807, 2.05) is 30.3 Å². The van der Waals surface area contributed by atoms with Gasteiger partial charge in [0.1, 0.15) is 5.75 Å². The van der Waals surface area contributed by atoms with Crippen molar-refractivity contribution in [1.82, 2.24) is 10.2 Å². The van der Waals surface area contributed by atoms with Crippen LogP contribution in [0.15, 0.2) is 54.6 Å². The van der Waals surface area contributed by atoms with Gasteiger partial charge < -0.3 is 24.8 Å². The van der Waals surface area contributed by atoms with Gasteiger partial charge in [0, 0.05) is 13.0 Å². The lowest BCUT2D eigenvalue weighted by Crippen LogP contribution is -2.57. The average molecular weight is 384 g/mol. The van der Waals surface area contributed by atoms with E-state index in [1.54, 1.807) is 17.0 Å². The molecule has 1 aliphatic rings. The van der Waals surface area contributed by atoms with Crippen LogP contribution in [0.25, 0.3) is 0 Å². The molecule has 0 unspecified atom stereocenters. The third-order valence-corrected chi connectivity index (χ3v) is 4.43. The van der Waals surface area contributed by atoms with Gasteiger partial charge in [-0.2, -0.15) is 0 Å². The maximum atomic E-state index is 12.1. The molecule has 7 heteroatoms. The summed E-state index contributed by atoms with van der Waals surface area (Å²) in [5, 5.41) is 11.7. The number of hydrogen-bond donors (Lipinski definition) is 2. The van der Waals surface area contributed by atoms with Gasteiger partial charge >= 0.3 is 12.0 Å². The number of para-hydroxylation sites is 1. The molecular formula is C21H24N2O5. The van der Waals surface area contributed by atoms with Gasteiger partial charge in [-0.25, -0.2) is 9.59 Å². The van der Waals surface area contributed by atoms with Crippen molar-refractivity contribution in [3.63, 3.8) is 0 Å². The second-order valence-corrected chi connectivity index (χ2v) is 6.57. The highest BCUT2D eigenvalue weighted by Gasteiger charge is 2.30. The van der Waals surface area contributed by atoms with E-state index in [0.29, 0.717) is 32.8 Å². The van der Waals surface area contributed by atoms with Crippen molar-refractivity contribution in [2.75, 3.05) is 26.3 Å². The lowest BCUT2D eigenvalue weighted by atomic mass is 10.1. The number of nitrogens with one attached hydrogen (secondary N) is 1. The second kappa shape index (κ2) is 9.75. The number of hydrogen-bond acceptors (Lipinski definition) is 4. The summed E-state index contributed by atoms with van der Waals surface area (Å²) in [7, 11) is 0. The number of urea groups is 1. The van der Waals surface area contributed by atoms with Crippen molar-refractivity contribution in [3.8, 4) is 5.75 Å². The van der Waals surface area contributed by atoms with Crippen LogP contribution in [0.3, 0.4) is 0 Å². The number of rotatable bonds is 9. The Morgan fingerprint density at radius 3 is 2.43 bits per heavy atom. The third kappa shape index (κ3) is 5.72. The Kier molecular flexibility index (Phi) is 6.86. The van der Waals surface area contributed by atoms with Crippen LogP contribution in [0.4, 0.5) is 4.79 Å². The highest BCUT2D eigenvalue weighted by Crippen LogP contribution is 2.13. The summed E-state index contributed by atoms with van der Waals surface area (Å²) in [6, 6.07) is 16.0. The van der Waals surface area contributed by atoms with E-state index in [-0.39, 0.29) is 17.7 Å². The molecule has 0 radical (unpaired) electrons. The molecule has 3 rings (SSSR count). The van der Waals surface area contributed by atoms with Crippen molar-refractivity contribution in [1.29, 1.82) is 0 Å². The SMILES string of the molecule is O=C(O)c1ccc(CNC(=O)N2CC(OCCCOc3ccccc3)C2)cc1. The summed E-state index contributed by atoms with van der Waals surface area (Å²) >= 11 is 0. The van der Waals surface area contributed by atoms with Crippen LogP contribution in [0.5, 0.6) is 5.75 Å². The Hall–Kier alpha value is -3.06. The van der Waals surface area contributed by atoms with Gasteiger partial charge in [-0.1, -0.05) is 30.3 Å². The molecule has 0 saturated carbocycles. The molecule has 7 nitrogen and oxygen atoms in total. The topological polar surface area (TPSA) is 88.1 Å². The third-order valence-electron chi connectivity index (χ3n) is 4.43. The molecule has 2 aromatic rings. The molecule has 0 aliphatic carbocycles. The number of carboxylic acid groups (broad SMARTS) is 1. The first kappa shape index (κ1) is 19.7. The van der Waals surface area contributed by atoms with E-state index in [0.717, 1.165) is 17.7 Å². The van der Waals surface area contributed by atoms with Crippen LogP contribution < -0.4 is 10.1 Å². The standard InChI is InChI=1S/C21H24N2O5/c24-20(25)17-9-7-16(8-10-17)13-22-21(26)23-14-19(15-23)28-12-4-11-27-18-5-2-1-3-6-18/h1-3,5-10,19H,4,11-15H2,(H,22,26)(H,24,25). The van der Waals surface area contributed by atoms with Crippen LogP contribution >= 0.6 is 0 Å². The number of aromatic carboxylic acids is 1. The molecule has 0 atom stereocenters. The van der Waals surface area contributed by atoms with Crippen LogP contribution in [0.1, 0.15) is 22.3 Å². The first-order chi connectivity index (χ1) is 13.6. The quantitative estimate of drug-likeness (QED) is 0.649. The van der Waals surface area contributed by atoms with E-state index < -0.39 is 5.97 Å². The Morgan fingerprint density at radius 1 is 1.04 bits per heavy atom. The number of carboxylic acids is 1. The molecule has 148 valence electrons. The lowest BCUT2D eigenvalue weighted by Gasteiger charge is -2.38. The first-order valence-corrected chi connectivity index (χ1v) is 9.26. The fraction of sp³-hybridized carbons (Fsp3) is 0.333. The van der Waals surface area contributed by atoms with Crippen molar-refractivity contribution >= 4 is 12.0 Å². The number of likely N-dealkylation sites (tertiary alicyclic amines) is 1. The highest BCUT2D eigenvalue weighted by molar-refractivity contribution is 5.87. The van der Waals surface area contributed by atoms with E-state index in [1.165, 1.54) is 12.1 Å². The number of nitrogens with zero attached hydrogens (tertiary/aromatic N) is 1. The molecular weight excluding hydrogens is 360 g/mol. The zero-order valence-corrected chi connectivity index (χ0v) is 15.5. The zero-order chi connectivity index (χ0) is 19.8. The Balaban J connectivity index is 1.25. The minimum atomic E-state index is -0.964. The van der Waals surface area contributed by atoms with E-state index in [4.69, 9.17) is 14.6 Å². The van der Waals surface area contributed by atoms with Crippen molar-refractivity contribution in [2.45, 2.75) is 19.1 Å². The van der Waals surface area contributed by atoms with Crippen LogP contribution in [0.2, 0.25) is 0 Å². The van der Waals surface area contributed by atoms with Gasteiger partial charge in [0.25, 0.3) is 0 Å². The molecule has 1 fully saturated rings. The van der Waals surface area contributed by atoms with Crippen molar-refractivity contribution < 1.29 is 24.2 Å². The lowest BCUT2D eigenvalue weighted by molar-refractivity contribution is -0.0383. The fourth-order valence-corrected chi connectivity index (χ4v) is 2.78. The molecule has 2 aromatic carbocycles. The van der Waals surface area contributed by atoms with Gasteiger partial charge in [-0.05, 0) is 29.8 Å². The van der Waals surface area contributed by atoms with Crippen molar-refractivity contribution in [3.05, 3.63) is 65.7 Å². The summed E-state index contributed by atoms with van der Waals surface area (Å²) in [5.74, 6) is -0.111. The predicted molar refractivity (Wildman–Crippen MR) is 104 cm³/mol. The molecule has 0 bridgehead atoms. The van der Waals surface area contributed by atoms with Crippen LogP contribution in [0, 0.1) is 0 Å². The van der Waals surface area contributed by atoms with E-state index in [9.17, 15) is 9.59 Å². The number of ether oxygens (including phenoxy) is 2. The Labute approximate surface area is 163 Å². The van der Waals surface area contributed by atoms with Crippen molar-refractivity contribution in [2.24, 2.45) is 0 Å². The number of carbonyl (C=O) groups is 2. The normalized spacial score (nSPS) is 13.6. The number of benzene rings is 2. The molecule has 28 heavy (non-hydrogen) atoms. The van der Waals surface area contributed by atoms with Gasteiger partial charge in [0.15, 0.2) is 0 Å². The highest BCUT2D eigenvalue weighted by atomic mass is 16.5. The summed E-state index contributed by atoms with van der Waals surface area (Å²) in [6.45, 7) is 2.70. The van der Waals surface area contributed by atoms with Gasteiger partial charge in [-0.15, -0.1) is 0 Å². The minimum Gasteiger partial charge on any atom is -0.494 e. The molecule has 1 heterocycles. The van der Waals surface area contributed by atoms with Gasteiger partial charge in [0.2, 0.25) is 0 Å². The molecule has 2 amide bonds. The first-order valence-electron chi connectivity index (χ1n) is 9.26. The predicted octanol–water partition coefficient (Wildman–Crippen LogP) is 2.76. The molecule has 0 spiro atoms. The summed E-state index contributed by atoms with van der Waals surface area (Å²) in [5.41, 5.74) is 1.08. The zero-order valence-electron chi connectivity index (χ0n) is 15.5.